The molecule has 0 saturated heterocycles. The molecule has 0 aromatic heterocycles. The van der Waals surface area contributed by atoms with Gasteiger partial charge in [-0.1, -0.05) is 158 Å². The Morgan fingerprint density at radius 2 is 0.902 bits per heavy atom. The molecule has 41 heavy (non-hydrogen) atoms. The lowest BCUT2D eigenvalue weighted by Gasteiger charge is -2.25. The second-order valence-electron chi connectivity index (χ2n) is 10.1. The van der Waals surface area contributed by atoms with Crippen LogP contribution in [0.5, 0.6) is 0 Å². The van der Waals surface area contributed by atoms with Crippen LogP contribution < -0.4 is 15.9 Å². The van der Waals surface area contributed by atoms with E-state index in [4.69, 9.17) is 0 Å². The second kappa shape index (κ2) is 11.8. The molecule has 0 saturated carbocycles. The van der Waals surface area contributed by atoms with Crippen molar-refractivity contribution in [2.45, 2.75) is 10.6 Å². The molecule has 0 unspecified atom stereocenters. The highest BCUT2D eigenvalue weighted by atomic mass is 32.2. The van der Waals surface area contributed by atoms with E-state index in [0.29, 0.717) is 0 Å². The summed E-state index contributed by atoms with van der Waals surface area (Å²) in [5.41, 5.74) is 4.04. The number of benzene rings is 7. The SMILES string of the molecule is c1ccc(CSc2ccc3ccccc3c2-c2c(P(c3ccccc3)c3ccccc3)ccc3ccccc23)cc1. The third-order valence-electron chi connectivity index (χ3n) is 7.55. The van der Waals surface area contributed by atoms with Crippen molar-refractivity contribution in [3.8, 4) is 11.1 Å². The monoisotopic (exact) mass is 560 g/mol. The van der Waals surface area contributed by atoms with E-state index in [1.807, 2.05) is 11.8 Å². The molecule has 7 rings (SSSR count). The molecule has 7 aromatic carbocycles. The number of fused-ring (bicyclic) bond motifs is 2. The lowest BCUT2D eigenvalue weighted by molar-refractivity contribution is 1.39. The fourth-order valence-electron chi connectivity index (χ4n) is 5.66. The number of thioether (sulfide) groups is 1. The number of rotatable bonds is 7. The Labute approximate surface area is 247 Å². The van der Waals surface area contributed by atoms with Crippen LogP contribution >= 0.6 is 19.7 Å². The Hall–Kier alpha value is -4.16. The molecule has 0 nitrogen and oxygen atoms in total. The van der Waals surface area contributed by atoms with E-state index in [9.17, 15) is 0 Å². The van der Waals surface area contributed by atoms with Gasteiger partial charge in [0.25, 0.3) is 0 Å². The van der Waals surface area contributed by atoms with E-state index in [2.05, 4.69) is 164 Å². The lowest BCUT2D eigenvalue weighted by Crippen LogP contribution is -2.22. The van der Waals surface area contributed by atoms with Crippen molar-refractivity contribution in [3.05, 3.63) is 169 Å². The minimum atomic E-state index is -0.794. The van der Waals surface area contributed by atoms with Crippen molar-refractivity contribution in [2.24, 2.45) is 0 Å². The molecule has 0 aliphatic rings. The predicted molar refractivity (Wildman–Crippen MR) is 182 cm³/mol. The highest BCUT2D eigenvalue weighted by Crippen LogP contribution is 2.45. The maximum Gasteiger partial charge on any atom is 0.0232 e. The average Bonchev–Trinajstić information content (AvgIpc) is 3.05. The molecule has 0 spiro atoms. The van der Waals surface area contributed by atoms with Crippen LogP contribution in [0.15, 0.2) is 169 Å². The zero-order chi connectivity index (χ0) is 27.4. The van der Waals surface area contributed by atoms with Gasteiger partial charge in [0, 0.05) is 16.2 Å². The molecule has 0 amide bonds. The van der Waals surface area contributed by atoms with E-state index < -0.39 is 7.92 Å². The van der Waals surface area contributed by atoms with Crippen molar-refractivity contribution < 1.29 is 0 Å². The number of hydrogen-bond acceptors (Lipinski definition) is 1. The van der Waals surface area contributed by atoms with Gasteiger partial charge in [0.05, 0.1) is 0 Å². The van der Waals surface area contributed by atoms with E-state index in [-0.39, 0.29) is 0 Å². The van der Waals surface area contributed by atoms with Gasteiger partial charge in [0.15, 0.2) is 0 Å². The standard InChI is InChI=1S/C39H29PS/c1-4-14-29(15-5-1)28-41-37-27-25-31-17-11-13-23-35(31)39(37)38-34-22-12-10-16-30(34)24-26-36(38)40(32-18-6-2-7-19-32)33-20-8-3-9-21-33/h1-27H,28H2. The molecule has 7 aromatic rings. The maximum absolute atomic E-state index is 2.40. The quantitative estimate of drug-likeness (QED) is 0.138. The minimum absolute atomic E-state index is 0.794. The smallest absolute Gasteiger partial charge is 0.0232 e. The summed E-state index contributed by atoms with van der Waals surface area (Å²) in [7, 11) is -0.794. The van der Waals surface area contributed by atoms with Gasteiger partial charge in [-0.3, -0.25) is 0 Å². The Morgan fingerprint density at radius 1 is 0.415 bits per heavy atom. The van der Waals surface area contributed by atoms with E-state index in [0.717, 1.165) is 5.75 Å². The van der Waals surface area contributed by atoms with E-state index in [1.165, 1.54) is 59.0 Å². The highest BCUT2D eigenvalue weighted by molar-refractivity contribution is 7.98. The van der Waals surface area contributed by atoms with E-state index in [1.54, 1.807) is 0 Å². The molecule has 0 bridgehead atoms. The Kier molecular flexibility index (Phi) is 7.39. The van der Waals surface area contributed by atoms with Crippen LogP contribution in [0.25, 0.3) is 32.7 Å². The Balaban J connectivity index is 1.54. The minimum Gasteiger partial charge on any atom is -0.121 e. The first-order valence-corrected chi connectivity index (χ1v) is 16.3. The van der Waals surface area contributed by atoms with Crippen LogP contribution in [0.1, 0.15) is 5.56 Å². The number of hydrogen-bond donors (Lipinski definition) is 0. The van der Waals surface area contributed by atoms with Crippen LogP contribution in [0.2, 0.25) is 0 Å². The summed E-state index contributed by atoms with van der Waals surface area (Å²) in [4.78, 5) is 1.32. The molecule has 0 fully saturated rings. The fraction of sp³-hybridized carbons (Fsp3) is 0.0256. The molecule has 0 N–H and O–H groups in total. The summed E-state index contributed by atoms with van der Waals surface area (Å²) in [6.07, 6.45) is 0. The molecule has 0 aliphatic heterocycles. The van der Waals surface area contributed by atoms with Gasteiger partial charge in [-0.15, -0.1) is 11.8 Å². The summed E-state index contributed by atoms with van der Waals surface area (Å²) in [5.74, 6) is 0.929. The van der Waals surface area contributed by atoms with Crippen molar-refractivity contribution >= 4 is 57.1 Å². The first-order chi connectivity index (χ1) is 20.4. The first-order valence-electron chi connectivity index (χ1n) is 14.0. The largest absolute Gasteiger partial charge is 0.121 e. The zero-order valence-corrected chi connectivity index (χ0v) is 24.4. The van der Waals surface area contributed by atoms with Gasteiger partial charge in [-0.25, -0.2) is 0 Å². The topological polar surface area (TPSA) is 0 Å². The third kappa shape index (κ3) is 5.20. The molecule has 196 valence electrons. The third-order valence-corrected chi connectivity index (χ3v) is 11.2. The van der Waals surface area contributed by atoms with Crippen LogP contribution in [-0.2, 0) is 5.75 Å². The molecule has 0 heterocycles. The predicted octanol–water partition coefficient (Wildman–Crippen LogP) is 9.71. The summed E-state index contributed by atoms with van der Waals surface area (Å²) < 4.78 is 0. The molecule has 2 heteroatoms. The average molecular weight is 561 g/mol. The summed E-state index contributed by atoms with van der Waals surface area (Å²) in [6.45, 7) is 0. The Morgan fingerprint density at radius 3 is 1.51 bits per heavy atom. The van der Waals surface area contributed by atoms with Gasteiger partial charge < -0.3 is 0 Å². The molecule has 0 atom stereocenters. The van der Waals surface area contributed by atoms with Gasteiger partial charge in [-0.2, -0.15) is 0 Å². The molecular weight excluding hydrogens is 531 g/mol. The second-order valence-corrected chi connectivity index (χ2v) is 13.3. The highest BCUT2D eigenvalue weighted by Gasteiger charge is 2.24. The van der Waals surface area contributed by atoms with Gasteiger partial charge >= 0.3 is 0 Å². The van der Waals surface area contributed by atoms with Crippen molar-refractivity contribution in [2.75, 3.05) is 0 Å². The van der Waals surface area contributed by atoms with Gasteiger partial charge in [0.2, 0.25) is 0 Å². The van der Waals surface area contributed by atoms with E-state index >= 15 is 0 Å². The van der Waals surface area contributed by atoms with Crippen molar-refractivity contribution in [1.82, 2.24) is 0 Å². The van der Waals surface area contributed by atoms with Crippen LogP contribution in [-0.4, -0.2) is 0 Å². The van der Waals surface area contributed by atoms with Gasteiger partial charge in [-0.05, 0) is 62.6 Å². The molecular formula is C39H29PS. The van der Waals surface area contributed by atoms with Gasteiger partial charge in [0.1, 0.15) is 0 Å². The summed E-state index contributed by atoms with van der Waals surface area (Å²) >= 11 is 1.94. The Bertz CT molecular complexity index is 1890. The summed E-state index contributed by atoms with van der Waals surface area (Å²) in [5, 5.41) is 9.28. The van der Waals surface area contributed by atoms with Crippen molar-refractivity contribution in [3.63, 3.8) is 0 Å². The van der Waals surface area contributed by atoms with Crippen LogP contribution in [0, 0.1) is 0 Å². The fourth-order valence-corrected chi connectivity index (χ4v) is 9.17. The normalized spacial score (nSPS) is 11.3. The first kappa shape index (κ1) is 25.8. The van der Waals surface area contributed by atoms with Crippen LogP contribution in [0.3, 0.4) is 0 Å². The maximum atomic E-state index is 2.40. The molecule has 0 radical (unpaired) electrons. The molecule has 0 aliphatic carbocycles. The summed E-state index contributed by atoms with van der Waals surface area (Å²) in [6, 6.07) is 60.0. The lowest BCUT2D eigenvalue weighted by atomic mass is 9.94. The van der Waals surface area contributed by atoms with Crippen LogP contribution in [0.4, 0.5) is 0 Å². The van der Waals surface area contributed by atoms with Crippen molar-refractivity contribution in [1.29, 1.82) is 0 Å². The zero-order valence-electron chi connectivity index (χ0n) is 22.7.